The van der Waals surface area contributed by atoms with E-state index in [-0.39, 0.29) is 12.1 Å². The van der Waals surface area contributed by atoms with Crippen molar-refractivity contribution >= 4 is 17.2 Å². The molecular formula is C19H15F2NO2S. The Balaban J connectivity index is 1.61. The largest absolute Gasteiger partial charge is 0.387 e. The van der Waals surface area contributed by atoms with Crippen molar-refractivity contribution in [3.05, 3.63) is 82.1 Å². The Morgan fingerprint density at radius 3 is 2.44 bits per heavy atom. The molecule has 1 aromatic heterocycles. The fourth-order valence-electron chi connectivity index (χ4n) is 2.37. The fourth-order valence-corrected chi connectivity index (χ4v) is 3.04. The monoisotopic (exact) mass is 359 g/mol. The number of aliphatic hydroxyl groups excluding tert-OH is 1. The molecule has 1 atom stereocenters. The van der Waals surface area contributed by atoms with Crippen molar-refractivity contribution in [1.82, 2.24) is 5.32 Å². The van der Waals surface area contributed by atoms with E-state index < -0.39 is 23.6 Å². The number of carbonyl (C=O) groups excluding carboxylic acids is 1. The SMILES string of the molecule is O=C(NCC(O)c1ccc(-c2ccsc2)cc1)c1ccc(F)c(F)c1. The summed E-state index contributed by atoms with van der Waals surface area (Å²) in [5.41, 5.74) is 2.81. The van der Waals surface area contributed by atoms with Crippen molar-refractivity contribution in [3.8, 4) is 11.1 Å². The van der Waals surface area contributed by atoms with Crippen LogP contribution in [0.4, 0.5) is 8.78 Å². The van der Waals surface area contributed by atoms with Gasteiger partial charge in [-0.15, -0.1) is 0 Å². The van der Waals surface area contributed by atoms with E-state index in [4.69, 9.17) is 0 Å². The Morgan fingerprint density at radius 2 is 1.80 bits per heavy atom. The molecule has 3 aromatic rings. The summed E-state index contributed by atoms with van der Waals surface area (Å²) in [6, 6.07) is 12.3. The summed E-state index contributed by atoms with van der Waals surface area (Å²) in [5, 5.41) is 16.7. The van der Waals surface area contributed by atoms with E-state index in [1.54, 1.807) is 23.5 Å². The average Bonchev–Trinajstić information content (AvgIpc) is 3.16. The summed E-state index contributed by atoms with van der Waals surface area (Å²) in [5.74, 6) is -2.67. The molecule has 0 aliphatic carbocycles. The molecule has 0 fully saturated rings. The first-order valence-corrected chi connectivity index (χ1v) is 8.53. The number of nitrogens with one attached hydrogen (secondary N) is 1. The summed E-state index contributed by atoms with van der Waals surface area (Å²) >= 11 is 1.61. The predicted octanol–water partition coefficient (Wildman–Crippen LogP) is 4.16. The third-order valence-corrected chi connectivity index (χ3v) is 4.47. The topological polar surface area (TPSA) is 49.3 Å². The molecule has 1 unspecified atom stereocenters. The lowest BCUT2D eigenvalue weighted by Crippen LogP contribution is -2.28. The first kappa shape index (κ1) is 17.3. The van der Waals surface area contributed by atoms with E-state index in [9.17, 15) is 18.7 Å². The van der Waals surface area contributed by atoms with Crippen LogP contribution in [-0.2, 0) is 0 Å². The van der Waals surface area contributed by atoms with Crippen LogP contribution >= 0.6 is 11.3 Å². The second-order valence-corrected chi connectivity index (χ2v) is 6.27. The van der Waals surface area contributed by atoms with Crippen molar-refractivity contribution in [2.45, 2.75) is 6.10 Å². The Labute approximate surface area is 147 Å². The Bertz CT molecular complexity index is 864. The minimum atomic E-state index is -1.09. The van der Waals surface area contributed by atoms with Gasteiger partial charge in [0.2, 0.25) is 0 Å². The number of aliphatic hydroxyl groups is 1. The highest BCUT2D eigenvalue weighted by Gasteiger charge is 2.13. The minimum Gasteiger partial charge on any atom is -0.387 e. The molecule has 1 amide bonds. The number of carbonyl (C=O) groups is 1. The smallest absolute Gasteiger partial charge is 0.251 e. The van der Waals surface area contributed by atoms with Crippen LogP contribution in [0, 0.1) is 11.6 Å². The minimum absolute atomic E-state index is 0.00101. The number of halogens is 2. The zero-order chi connectivity index (χ0) is 17.8. The first-order chi connectivity index (χ1) is 12.0. The molecule has 2 N–H and O–H groups in total. The van der Waals surface area contributed by atoms with Crippen LogP contribution in [0.5, 0.6) is 0 Å². The van der Waals surface area contributed by atoms with Gasteiger partial charge < -0.3 is 10.4 Å². The van der Waals surface area contributed by atoms with E-state index in [1.807, 2.05) is 29.0 Å². The van der Waals surface area contributed by atoms with Crippen LogP contribution < -0.4 is 5.32 Å². The molecule has 0 spiro atoms. The van der Waals surface area contributed by atoms with Crippen molar-refractivity contribution < 1.29 is 18.7 Å². The van der Waals surface area contributed by atoms with Crippen LogP contribution in [0.25, 0.3) is 11.1 Å². The van der Waals surface area contributed by atoms with Gasteiger partial charge in [0, 0.05) is 12.1 Å². The van der Waals surface area contributed by atoms with Gasteiger partial charge in [-0.2, -0.15) is 11.3 Å². The third-order valence-electron chi connectivity index (χ3n) is 3.79. The normalized spacial score (nSPS) is 12.0. The second kappa shape index (κ2) is 7.55. The summed E-state index contributed by atoms with van der Waals surface area (Å²) in [6.07, 6.45) is -0.897. The quantitative estimate of drug-likeness (QED) is 0.719. The Kier molecular flexibility index (Phi) is 5.21. The van der Waals surface area contributed by atoms with Gasteiger partial charge in [-0.3, -0.25) is 4.79 Å². The van der Waals surface area contributed by atoms with Crippen molar-refractivity contribution in [2.24, 2.45) is 0 Å². The van der Waals surface area contributed by atoms with E-state index in [0.29, 0.717) is 5.56 Å². The maximum absolute atomic E-state index is 13.2. The maximum atomic E-state index is 13.2. The molecule has 6 heteroatoms. The number of hydrogen-bond donors (Lipinski definition) is 2. The highest BCUT2D eigenvalue weighted by atomic mass is 32.1. The highest BCUT2D eigenvalue weighted by Crippen LogP contribution is 2.24. The van der Waals surface area contributed by atoms with Gasteiger partial charge in [0.15, 0.2) is 11.6 Å². The second-order valence-electron chi connectivity index (χ2n) is 5.49. The zero-order valence-corrected chi connectivity index (χ0v) is 13.9. The maximum Gasteiger partial charge on any atom is 0.251 e. The number of rotatable bonds is 5. The predicted molar refractivity (Wildman–Crippen MR) is 93.4 cm³/mol. The van der Waals surface area contributed by atoms with Gasteiger partial charge in [-0.1, -0.05) is 24.3 Å². The summed E-state index contributed by atoms with van der Waals surface area (Å²) < 4.78 is 26.0. The Morgan fingerprint density at radius 1 is 1.04 bits per heavy atom. The molecule has 0 saturated carbocycles. The van der Waals surface area contributed by atoms with Gasteiger partial charge in [0.1, 0.15) is 0 Å². The van der Waals surface area contributed by atoms with Gasteiger partial charge in [-0.05, 0) is 51.7 Å². The molecule has 0 bridgehead atoms. The van der Waals surface area contributed by atoms with Crippen LogP contribution in [0.1, 0.15) is 22.0 Å². The lowest BCUT2D eigenvalue weighted by molar-refractivity contribution is 0.0916. The van der Waals surface area contributed by atoms with E-state index in [1.165, 1.54) is 6.07 Å². The van der Waals surface area contributed by atoms with Crippen LogP contribution in [-0.4, -0.2) is 17.6 Å². The highest BCUT2D eigenvalue weighted by molar-refractivity contribution is 7.08. The molecule has 1 heterocycles. The third kappa shape index (κ3) is 4.10. The van der Waals surface area contributed by atoms with Crippen LogP contribution in [0.3, 0.4) is 0 Å². The molecule has 0 aliphatic heterocycles. The molecule has 2 aromatic carbocycles. The lowest BCUT2D eigenvalue weighted by atomic mass is 10.0. The molecule has 128 valence electrons. The van der Waals surface area contributed by atoms with E-state index >= 15 is 0 Å². The van der Waals surface area contributed by atoms with Gasteiger partial charge >= 0.3 is 0 Å². The molecule has 0 aliphatic rings. The number of amides is 1. The molecule has 0 radical (unpaired) electrons. The van der Waals surface area contributed by atoms with Gasteiger partial charge in [0.05, 0.1) is 6.10 Å². The van der Waals surface area contributed by atoms with Crippen molar-refractivity contribution in [3.63, 3.8) is 0 Å². The molecular weight excluding hydrogens is 344 g/mol. The molecule has 25 heavy (non-hydrogen) atoms. The van der Waals surface area contributed by atoms with Gasteiger partial charge in [-0.25, -0.2) is 8.78 Å². The number of benzene rings is 2. The van der Waals surface area contributed by atoms with Crippen molar-refractivity contribution in [1.29, 1.82) is 0 Å². The van der Waals surface area contributed by atoms with Gasteiger partial charge in [0.25, 0.3) is 5.91 Å². The number of thiophene rings is 1. The fraction of sp³-hybridized carbons (Fsp3) is 0.105. The molecule has 3 nitrogen and oxygen atoms in total. The summed E-state index contributed by atoms with van der Waals surface area (Å²) in [6.45, 7) is -0.0321. The van der Waals surface area contributed by atoms with E-state index in [2.05, 4.69) is 5.32 Å². The average molecular weight is 359 g/mol. The molecule has 3 rings (SSSR count). The standard InChI is InChI=1S/C19H15F2NO2S/c20-16-6-5-14(9-17(16)21)19(24)22-10-18(23)13-3-1-12(2-4-13)15-7-8-25-11-15/h1-9,11,18,23H,10H2,(H,22,24). The Hall–Kier alpha value is -2.57. The van der Waals surface area contributed by atoms with Crippen LogP contribution in [0.15, 0.2) is 59.3 Å². The lowest BCUT2D eigenvalue weighted by Gasteiger charge is -2.13. The zero-order valence-electron chi connectivity index (χ0n) is 13.1. The summed E-state index contributed by atoms with van der Waals surface area (Å²) in [4.78, 5) is 11.9. The van der Waals surface area contributed by atoms with E-state index in [0.717, 1.165) is 23.3 Å². The van der Waals surface area contributed by atoms with Crippen molar-refractivity contribution in [2.75, 3.05) is 6.54 Å². The summed E-state index contributed by atoms with van der Waals surface area (Å²) in [7, 11) is 0. The number of hydrogen-bond acceptors (Lipinski definition) is 3. The molecule has 0 saturated heterocycles. The van der Waals surface area contributed by atoms with Crippen LogP contribution in [0.2, 0.25) is 0 Å². The first-order valence-electron chi connectivity index (χ1n) is 7.58.